The van der Waals surface area contributed by atoms with Gasteiger partial charge in [-0.1, -0.05) is 24.3 Å². The monoisotopic (exact) mass is 772 g/mol. The molecule has 6 atom stereocenters. The molecule has 0 amide bonds. The van der Waals surface area contributed by atoms with Crippen LogP contribution >= 0.6 is 11.8 Å². The number of phenols is 1. The molecule has 13 nitrogen and oxygen atoms in total. The number of carbonyl (C=O) groups is 2. The van der Waals surface area contributed by atoms with E-state index in [4.69, 9.17) is 23.7 Å². The topological polar surface area (TPSA) is 155 Å². The van der Waals surface area contributed by atoms with Crippen molar-refractivity contribution in [2.24, 2.45) is 0 Å². The third kappa shape index (κ3) is 5.67. The van der Waals surface area contributed by atoms with E-state index < -0.39 is 47.1 Å². The number of aromatic amines is 1. The molecule has 5 heterocycles. The number of hydrogen-bond acceptors (Lipinski definition) is 13. The summed E-state index contributed by atoms with van der Waals surface area (Å²) in [6, 6.07) is 8.09. The van der Waals surface area contributed by atoms with Crippen molar-refractivity contribution in [3.8, 4) is 28.7 Å². The number of aliphatic hydroxyl groups excluding tert-OH is 1. The number of ether oxygens (including phenoxy) is 5. The van der Waals surface area contributed by atoms with Crippen LogP contribution < -0.4 is 24.3 Å². The summed E-state index contributed by atoms with van der Waals surface area (Å²) < 4.78 is 30.4. The minimum absolute atomic E-state index is 0.00592. The predicted molar refractivity (Wildman–Crippen MR) is 207 cm³/mol. The summed E-state index contributed by atoms with van der Waals surface area (Å²) >= 11 is 1.54. The number of rotatable bonds is 7. The van der Waals surface area contributed by atoms with E-state index in [9.17, 15) is 19.8 Å². The van der Waals surface area contributed by atoms with Gasteiger partial charge >= 0.3 is 11.9 Å². The molecule has 4 N–H and O–H groups in total. The first-order chi connectivity index (χ1) is 26.3. The Kier molecular flexibility index (Phi) is 9.48. The molecule has 4 aromatic rings. The number of aromatic nitrogens is 1. The Morgan fingerprint density at radius 2 is 1.85 bits per heavy atom. The molecule has 0 spiro atoms. The van der Waals surface area contributed by atoms with Crippen molar-refractivity contribution < 1.29 is 43.5 Å². The molecule has 0 radical (unpaired) electrons. The molecular formula is C41H48N4O9S. The molecular weight excluding hydrogens is 725 g/mol. The molecule has 4 aliphatic rings. The van der Waals surface area contributed by atoms with Crippen LogP contribution in [-0.4, -0.2) is 96.6 Å². The summed E-state index contributed by atoms with van der Waals surface area (Å²) in [7, 11) is 5.40. The van der Waals surface area contributed by atoms with Crippen LogP contribution in [0.2, 0.25) is 0 Å². The first kappa shape index (κ1) is 37.5. The smallest absolute Gasteiger partial charge is 0.332 e. The van der Waals surface area contributed by atoms with Gasteiger partial charge in [0.15, 0.2) is 28.5 Å². The molecule has 3 aromatic carbocycles. The van der Waals surface area contributed by atoms with Gasteiger partial charge in [-0.05, 0) is 70.3 Å². The Balaban J connectivity index is 1.32. The fourth-order valence-electron chi connectivity index (χ4n) is 9.59. The third-order valence-electron chi connectivity index (χ3n) is 11.8. The first-order valence-electron chi connectivity index (χ1n) is 18.5. The van der Waals surface area contributed by atoms with Crippen LogP contribution in [0.3, 0.4) is 0 Å². The van der Waals surface area contributed by atoms with Crippen molar-refractivity contribution >= 4 is 34.6 Å². The van der Waals surface area contributed by atoms with E-state index in [2.05, 4.69) is 16.4 Å². The van der Waals surface area contributed by atoms with E-state index in [1.165, 1.54) is 25.8 Å². The normalized spacial score (nSPS) is 25.5. The summed E-state index contributed by atoms with van der Waals surface area (Å²) in [6.45, 7) is 7.22. The van der Waals surface area contributed by atoms with Crippen LogP contribution in [0.5, 0.6) is 28.7 Å². The van der Waals surface area contributed by atoms with Gasteiger partial charge in [0.2, 0.25) is 6.79 Å². The maximum absolute atomic E-state index is 14.6. The van der Waals surface area contributed by atoms with E-state index in [1.54, 1.807) is 0 Å². The highest BCUT2D eigenvalue weighted by Gasteiger charge is 2.55. The van der Waals surface area contributed by atoms with Gasteiger partial charge < -0.3 is 43.8 Å². The molecule has 0 unspecified atom stereocenters. The number of aliphatic hydroxyl groups is 1. The Morgan fingerprint density at radius 3 is 2.56 bits per heavy atom. The zero-order valence-electron chi connectivity index (χ0n) is 32.4. The van der Waals surface area contributed by atoms with E-state index in [1.807, 2.05) is 75.2 Å². The standard InChI is InChI=1S/C41H48N4O9S/c1-19-15-22-16-27(47)45-26(17-51-40(49)41(4)39-24(13-14-42-41)23-11-9-10-12-25(23)43-39)29-30(35(54-21(3)46)20(2)36-37(29)53-18-52-36)38(55-8)32(45)31(44(5)6)28(22)33(48)34(19)50-7/h9-12,15,26-27,31-32,38,42-43,47-48H,13-14,16-18H2,1-8H3/t26-,27-,31-,32+,38+,41+/m0/s1. The number of esters is 2. The van der Waals surface area contributed by atoms with E-state index in [0.717, 1.165) is 39.7 Å². The van der Waals surface area contributed by atoms with Gasteiger partial charge in [0, 0.05) is 59.1 Å². The molecule has 0 saturated heterocycles. The number of aromatic hydroxyl groups is 1. The number of thioether (sulfide) groups is 1. The van der Waals surface area contributed by atoms with Gasteiger partial charge in [0.25, 0.3) is 0 Å². The third-order valence-corrected chi connectivity index (χ3v) is 12.9. The molecule has 292 valence electrons. The molecule has 55 heavy (non-hydrogen) atoms. The summed E-state index contributed by atoms with van der Waals surface area (Å²) in [6.07, 6.45) is 1.78. The number of aryl methyl sites for hydroxylation is 1. The summed E-state index contributed by atoms with van der Waals surface area (Å²) in [5, 5.41) is 28.5. The second-order valence-corrected chi connectivity index (χ2v) is 16.2. The van der Waals surface area contributed by atoms with Gasteiger partial charge in [-0.15, -0.1) is 0 Å². The number of hydrogen-bond donors (Lipinski definition) is 4. The van der Waals surface area contributed by atoms with Crippen molar-refractivity contribution in [2.45, 2.75) is 75.7 Å². The molecule has 0 saturated carbocycles. The maximum Gasteiger partial charge on any atom is 0.332 e. The van der Waals surface area contributed by atoms with Gasteiger partial charge in [-0.2, -0.15) is 11.8 Å². The number of carbonyl (C=O) groups excluding carboxylic acids is 2. The Labute approximate surface area is 324 Å². The number of nitrogens with one attached hydrogen (secondary N) is 2. The summed E-state index contributed by atoms with van der Waals surface area (Å²) in [5.41, 5.74) is 5.63. The quantitative estimate of drug-likeness (QED) is 0.146. The number of benzene rings is 3. The number of likely N-dealkylation sites (N-methyl/N-ethyl adjacent to an activating group) is 1. The number of fused-ring (bicyclic) bond motifs is 8. The second-order valence-electron chi connectivity index (χ2n) is 15.2. The highest BCUT2D eigenvalue weighted by molar-refractivity contribution is 7.98. The van der Waals surface area contributed by atoms with Crippen molar-refractivity contribution in [3.05, 3.63) is 75.0 Å². The number of methoxy groups -OCH3 is 1. The Morgan fingerprint density at radius 1 is 1.11 bits per heavy atom. The van der Waals surface area contributed by atoms with Gasteiger partial charge in [0.05, 0.1) is 30.1 Å². The second kappa shape index (κ2) is 13.9. The lowest BCUT2D eigenvalue weighted by Crippen LogP contribution is -2.56. The largest absolute Gasteiger partial charge is 0.504 e. The zero-order chi connectivity index (χ0) is 39.1. The highest BCUT2D eigenvalue weighted by atomic mass is 32.2. The summed E-state index contributed by atoms with van der Waals surface area (Å²) in [5.74, 6) is 0.606. The van der Waals surface area contributed by atoms with Crippen molar-refractivity contribution in [3.63, 3.8) is 0 Å². The molecule has 14 heteroatoms. The lowest BCUT2D eigenvalue weighted by Gasteiger charge is -2.51. The molecule has 0 fully saturated rings. The lowest BCUT2D eigenvalue weighted by atomic mass is 9.80. The SMILES string of the molecule is COc1c(C)cc2c(c1O)[C@H](N(C)C)[C@@H]1[C@H](SC)c3c(OC(C)=O)c(C)c4c(c3[C@H](COC(=O)[C@]3(C)NCCc5c3[nH]c3ccccc53)N1[C@@H](O)C2)OCO4. The Bertz CT molecular complexity index is 2220. The van der Waals surface area contributed by atoms with Crippen LogP contribution in [0.1, 0.15) is 75.8 Å². The van der Waals surface area contributed by atoms with E-state index in [-0.39, 0.29) is 25.6 Å². The van der Waals surface area contributed by atoms with Crippen LogP contribution in [0, 0.1) is 13.8 Å². The number of para-hydroxylation sites is 1. The van der Waals surface area contributed by atoms with E-state index in [0.29, 0.717) is 51.8 Å². The minimum Gasteiger partial charge on any atom is -0.504 e. The summed E-state index contributed by atoms with van der Waals surface area (Å²) in [4.78, 5) is 34.9. The molecule has 0 bridgehead atoms. The average Bonchev–Trinajstić information content (AvgIpc) is 3.76. The van der Waals surface area contributed by atoms with Crippen LogP contribution in [0.15, 0.2) is 30.3 Å². The van der Waals surface area contributed by atoms with Crippen LogP contribution in [-0.2, 0) is 32.7 Å². The number of phenolic OH excluding ortho intramolecular Hbond substituents is 1. The van der Waals surface area contributed by atoms with Gasteiger partial charge in [-0.3, -0.25) is 15.0 Å². The van der Waals surface area contributed by atoms with Gasteiger partial charge in [0.1, 0.15) is 18.6 Å². The van der Waals surface area contributed by atoms with Crippen molar-refractivity contribution in [1.82, 2.24) is 20.1 Å². The number of H-pyrrole nitrogens is 1. The lowest BCUT2D eigenvalue weighted by molar-refractivity contribution is -0.158. The van der Waals surface area contributed by atoms with Crippen molar-refractivity contribution in [2.75, 3.05) is 47.4 Å². The first-order valence-corrected chi connectivity index (χ1v) is 19.8. The average molecular weight is 773 g/mol. The minimum atomic E-state index is -1.19. The molecule has 4 aliphatic heterocycles. The van der Waals surface area contributed by atoms with E-state index >= 15 is 0 Å². The molecule has 0 aliphatic carbocycles. The molecule has 8 rings (SSSR count). The Hall–Kier alpha value is -4.47. The van der Waals surface area contributed by atoms with Crippen LogP contribution in [0.4, 0.5) is 0 Å². The number of nitrogens with zero attached hydrogens (tertiary/aromatic N) is 2. The van der Waals surface area contributed by atoms with Crippen molar-refractivity contribution in [1.29, 1.82) is 0 Å². The predicted octanol–water partition coefficient (Wildman–Crippen LogP) is 5.06. The molecule has 1 aromatic heterocycles. The fourth-order valence-corrected chi connectivity index (χ4v) is 10.6. The van der Waals surface area contributed by atoms with Gasteiger partial charge in [-0.25, -0.2) is 4.79 Å². The fraction of sp³-hybridized carbons (Fsp3) is 0.463. The maximum atomic E-state index is 14.6. The highest BCUT2D eigenvalue weighted by Crippen LogP contribution is 2.61. The zero-order valence-corrected chi connectivity index (χ0v) is 33.2. The van der Waals surface area contributed by atoms with Crippen LogP contribution in [0.25, 0.3) is 10.9 Å².